The van der Waals surface area contributed by atoms with Crippen LogP contribution in [0.5, 0.6) is 0 Å². The van der Waals surface area contributed by atoms with Crippen LogP contribution < -0.4 is 0 Å². The molecule has 0 saturated heterocycles. The second kappa shape index (κ2) is 3.52. The lowest BCUT2D eigenvalue weighted by molar-refractivity contribution is 1.15. The number of isothiocyanates is 1. The molecule has 0 atom stereocenters. The Kier molecular flexibility index (Phi) is 2.39. The topological polar surface area (TPSA) is 61.9 Å². The van der Waals surface area contributed by atoms with E-state index in [-0.39, 0.29) is 5.69 Å². The van der Waals surface area contributed by atoms with E-state index in [1.807, 2.05) is 6.07 Å². The first-order valence-electron chi connectivity index (χ1n) is 2.67. The van der Waals surface area contributed by atoms with Gasteiger partial charge in [0, 0.05) is 0 Å². The van der Waals surface area contributed by atoms with Gasteiger partial charge >= 0.3 is 0 Å². The fraction of sp³-hybridized carbons (Fsp3) is 0. The Labute approximate surface area is 68.2 Å². The van der Waals surface area contributed by atoms with Crippen LogP contribution in [-0.2, 0) is 0 Å². The van der Waals surface area contributed by atoms with Gasteiger partial charge in [0.05, 0.1) is 17.6 Å². The van der Waals surface area contributed by atoms with E-state index in [1.165, 1.54) is 12.4 Å². The first-order valence-corrected chi connectivity index (χ1v) is 3.07. The zero-order valence-electron chi connectivity index (χ0n) is 5.35. The van der Waals surface area contributed by atoms with Crippen molar-refractivity contribution in [3.8, 4) is 6.07 Å². The molecule has 0 aliphatic carbocycles. The predicted molar refractivity (Wildman–Crippen MR) is 41.4 cm³/mol. The molecule has 0 fully saturated rings. The smallest absolute Gasteiger partial charge is 0.181 e. The Balaban J connectivity index is 3.02. The molecule has 0 radical (unpaired) electrons. The minimum Gasteiger partial charge on any atom is -0.240 e. The number of hydrogen-bond acceptors (Lipinski definition) is 5. The average molecular weight is 162 g/mol. The van der Waals surface area contributed by atoms with Gasteiger partial charge in [-0.1, -0.05) is 0 Å². The van der Waals surface area contributed by atoms with Gasteiger partial charge in [-0.15, -0.1) is 0 Å². The van der Waals surface area contributed by atoms with Crippen molar-refractivity contribution >= 4 is 23.2 Å². The van der Waals surface area contributed by atoms with E-state index >= 15 is 0 Å². The van der Waals surface area contributed by atoms with Crippen LogP contribution in [0.3, 0.4) is 0 Å². The Bertz CT molecular complexity index is 331. The van der Waals surface area contributed by atoms with Crippen molar-refractivity contribution in [2.45, 2.75) is 0 Å². The van der Waals surface area contributed by atoms with Crippen LogP contribution in [0.25, 0.3) is 0 Å². The molecule has 0 spiro atoms. The van der Waals surface area contributed by atoms with Crippen LogP contribution >= 0.6 is 12.2 Å². The van der Waals surface area contributed by atoms with Crippen LogP contribution in [0.2, 0.25) is 0 Å². The highest BCUT2D eigenvalue weighted by Crippen LogP contribution is 2.02. The molecule has 52 valence electrons. The summed E-state index contributed by atoms with van der Waals surface area (Å²) >= 11 is 4.35. The molecule has 0 aromatic carbocycles. The van der Waals surface area contributed by atoms with E-state index in [9.17, 15) is 0 Å². The van der Waals surface area contributed by atoms with Crippen molar-refractivity contribution in [3.63, 3.8) is 0 Å². The molecule has 4 nitrogen and oxygen atoms in total. The van der Waals surface area contributed by atoms with Gasteiger partial charge < -0.3 is 0 Å². The van der Waals surface area contributed by atoms with Gasteiger partial charge in [0.25, 0.3) is 0 Å². The summed E-state index contributed by atoms with van der Waals surface area (Å²) in [5.74, 6) is 0.360. The normalized spacial score (nSPS) is 7.91. The standard InChI is InChI=1S/C6H2N4S/c7-1-5-2-9-6(3-8-5)10-4-11/h2-3H. The second-order valence-electron chi connectivity index (χ2n) is 1.57. The summed E-state index contributed by atoms with van der Waals surface area (Å²) in [5.41, 5.74) is 0.258. The molecular formula is C6H2N4S. The van der Waals surface area contributed by atoms with Crippen molar-refractivity contribution in [3.05, 3.63) is 18.1 Å². The van der Waals surface area contributed by atoms with Gasteiger partial charge in [-0.2, -0.15) is 10.3 Å². The van der Waals surface area contributed by atoms with Crippen LogP contribution in [0.15, 0.2) is 17.4 Å². The van der Waals surface area contributed by atoms with Crippen LogP contribution in [0.1, 0.15) is 5.69 Å². The quantitative estimate of drug-likeness (QED) is 0.458. The van der Waals surface area contributed by atoms with Crippen molar-refractivity contribution in [2.24, 2.45) is 4.99 Å². The number of hydrogen-bond donors (Lipinski definition) is 0. The zero-order chi connectivity index (χ0) is 8.10. The van der Waals surface area contributed by atoms with Crippen molar-refractivity contribution in [1.29, 1.82) is 5.26 Å². The number of nitriles is 1. The first kappa shape index (κ1) is 7.48. The van der Waals surface area contributed by atoms with E-state index in [2.05, 4.69) is 32.3 Å². The summed E-state index contributed by atoms with van der Waals surface area (Å²) in [4.78, 5) is 11.0. The summed E-state index contributed by atoms with van der Waals surface area (Å²) in [6.45, 7) is 0. The number of thiocarbonyl (C=S) groups is 1. The fourth-order valence-corrected chi connectivity index (χ4v) is 0.577. The van der Waals surface area contributed by atoms with Gasteiger partial charge in [-0.3, -0.25) is 0 Å². The van der Waals surface area contributed by atoms with E-state index in [0.29, 0.717) is 5.82 Å². The third kappa shape index (κ3) is 1.90. The zero-order valence-corrected chi connectivity index (χ0v) is 6.17. The van der Waals surface area contributed by atoms with E-state index in [0.717, 1.165) is 0 Å². The van der Waals surface area contributed by atoms with Crippen LogP contribution in [0.4, 0.5) is 5.82 Å². The summed E-state index contributed by atoms with van der Waals surface area (Å²) in [5, 5.41) is 10.5. The van der Waals surface area contributed by atoms with Crippen molar-refractivity contribution < 1.29 is 0 Å². The number of aliphatic imine (C=N–C) groups is 1. The lowest BCUT2D eigenvalue weighted by Crippen LogP contribution is -1.82. The molecule has 5 heteroatoms. The van der Waals surface area contributed by atoms with Gasteiger partial charge in [-0.25, -0.2) is 9.97 Å². The van der Waals surface area contributed by atoms with Crippen LogP contribution in [-0.4, -0.2) is 15.1 Å². The summed E-state index contributed by atoms with van der Waals surface area (Å²) in [6.07, 6.45) is 2.68. The van der Waals surface area contributed by atoms with Crippen molar-refractivity contribution in [2.75, 3.05) is 0 Å². The monoisotopic (exact) mass is 162 g/mol. The summed E-state index contributed by atoms with van der Waals surface area (Å²) in [6, 6.07) is 1.83. The third-order valence-electron chi connectivity index (χ3n) is 0.913. The largest absolute Gasteiger partial charge is 0.240 e. The molecule has 11 heavy (non-hydrogen) atoms. The number of aromatic nitrogens is 2. The maximum absolute atomic E-state index is 8.34. The predicted octanol–water partition coefficient (Wildman–Crippen LogP) is 1.08. The lowest BCUT2D eigenvalue weighted by Gasteiger charge is -1.87. The Morgan fingerprint density at radius 1 is 1.45 bits per heavy atom. The maximum Gasteiger partial charge on any atom is 0.181 e. The molecule has 1 heterocycles. The highest BCUT2D eigenvalue weighted by atomic mass is 32.1. The van der Waals surface area contributed by atoms with E-state index < -0.39 is 0 Å². The van der Waals surface area contributed by atoms with Gasteiger partial charge in [-0.05, 0) is 12.2 Å². The molecule has 0 aliphatic rings. The molecule has 0 aliphatic heterocycles. The molecule has 1 rings (SSSR count). The Morgan fingerprint density at radius 2 is 2.27 bits per heavy atom. The third-order valence-corrected chi connectivity index (χ3v) is 1.00. The molecule has 0 unspecified atom stereocenters. The second-order valence-corrected chi connectivity index (χ2v) is 1.76. The molecule has 0 bridgehead atoms. The average Bonchev–Trinajstić information content (AvgIpc) is 2.07. The van der Waals surface area contributed by atoms with Gasteiger partial charge in [0.15, 0.2) is 11.5 Å². The Hall–Kier alpha value is -1.63. The van der Waals surface area contributed by atoms with Gasteiger partial charge in [0.2, 0.25) is 0 Å². The maximum atomic E-state index is 8.34. The van der Waals surface area contributed by atoms with Crippen LogP contribution in [0, 0.1) is 11.3 Å². The minimum absolute atomic E-state index is 0.258. The minimum atomic E-state index is 0.258. The van der Waals surface area contributed by atoms with Crippen molar-refractivity contribution in [1.82, 2.24) is 9.97 Å². The highest BCUT2D eigenvalue weighted by Gasteiger charge is 1.91. The van der Waals surface area contributed by atoms with E-state index in [4.69, 9.17) is 5.26 Å². The molecule has 0 amide bonds. The molecule has 1 aromatic heterocycles. The first-order chi connectivity index (χ1) is 5.36. The fourth-order valence-electron chi connectivity index (χ4n) is 0.483. The number of nitrogens with zero attached hydrogens (tertiary/aromatic N) is 4. The molecule has 1 aromatic rings. The summed E-state index contributed by atoms with van der Waals surface area (Å²) in [7, 11) is 0. The molecule has 0 saturated carbocycles. The van der Waals surface area contributed by atoms with Gasteiger partial charge in [0.1, 0.15) is 6.07 Å². The molecular weight excluding hydrogens is 160 g/mol. The lowest BCUT2D eigenvalue weighted by atomic mass is 10.5. The van der Waals surface area contributed by atoms with E-state index in [1.54, 1.807) is 0 Å². The SMILES string of the molecule is N#Cc1cnc(N=C=S)cn1. The number of rotatable bonds is 1. The summed E-state index contributed by atoms with van der Waals surface area (Å²) < 4.78 is 0. The molecule has 0 N–H and O–H groups in total. The highest BCUT2D eigenvalue weighted by molar-refractivity contribution is 7.78. The Morgan fingerprint density at radius 3 is 2.73 bits per heavy atom.